The van der Waals surface area contributed by atoms with Gasteiger partial charge in [0.05, 0.1) is 0 Å². The molecular weight excluding hydrogens is 208 g/mol. The number of rotatable bonds is 6. The molecule has 1 unspecified atom stereocenters. The minimum atomic E-state index is -1.36. The average molecular weight is 218 g/mol. The Bertz CT molecular complexity index is 270. The zero-order valence-corrected chi connectivity index (χ0v) is 7.97. The Morgan fingerprint density at radius 1 is 1.40 bits per heavy atom. The average Bonchev–Trinajstić information content (AvgIpc) is 2.11. The van der Waals surface area contributed by atoms with Crippen LogP contribution in [0.2, 0.25) is 0 Å². The SMILES string of the molecule is CC(=O)OC(CCC(=O)O)C(=O)OC=O. The van der Waals surface area contributed by atoms with E-state index in [9.17, 15) is 19.2 Å². The van der Waals surface area contributed by atoms with Crippen molar-refractivity contribution in [3.63, 3.8) is 0 Å². The summed E-state index contributed by atoms with van der Waals surface area (Å²) in [5.74, 6) is -2.99. The van der Waals surface area contributed by atoms with Gasteiger partial charge in [-0.05, 0) is 0 Å². The molecule has 0 fully saturated rings. The summed E-state index contributed by atoms with van der Waals surface area (Å²) in [6, 6.07) is 0. The van der Waals surface area contributed by atoms with Gasteiger partial charge in [-0.1, -0.05) is 0 Å². The first-order valence-electron chi connectivity index (χ1n) is 4.00. The quantitative estimate of drug-likeness (QED) is 0.363. The molecule has 0 saturated carbocycles. The largest absolute Gasteiger partial charge is 0.481 e. The lowest BCUT2D eigenvalue weighted by molar-refractivity contribution is -0.169. The summed E-state index contributed by atoms with van der Waals surface area (Å²) in [7, 11) is 0. The Morgan fingerprint density at radius 3 is 2.40 bits per heavy atom. The minimum absolute atomic E-state index is 0.112. The number of esters is 2. The molecule has 0 amide bonds. The highest BCUT2D eigenvalue weighted by Gasteiger charge is 2.24. The Kier molecular flexibility index (Phi) is 5.69. The molecule has 0 aliphatic rings. The molecule has 0 aromatic carbocycles. The zero-order valence-electron chi connectivity index (χ0n) is 7.97. The molecule has 15 heavy (non-hydrogen) atoms. The lowest BCUT2D eigenvalue weighted by Crippen LogP contribution is -2.28. The first-order chi connectivity index (χ1) is 6.97. The van der Waals surface area contributed by atoms with Crippen LogP contribution in [0.4, 0.5) is 0 Å². The standard InChI is InChI=1S/C8H10O7/c1-5(10)15-6(2-3-7(11)12)8(13)14-4-9/h4,6H,2-3H2,1H3,(H,11,12). The molecule has 7 nitrogen and oxygen atoms in total. The fourth-order valence-corrected chi connectivity index (χ4v) is 0.803. The normalized spacial score (nSPS) is 11.3. The van der Waals surface area contributed by atoms with Crippen molar-refractivity contribution in [1.29, 1.82) is 0 Å². The Balaban J connectivity index is 4.28. The van der Waals surface area contributed by atoms with Crippen molar-refractivity contribution in [3.8, 4) is 0 Å². The van der Waals surface area contributed by atoms with E-state index in [4.69, 9.17) is 5.11 Å². The molecule has 0 aliphatic carbocycles. The van der Waals surface area contributed by atoms with Crippen molar-refractivity contribution < 1.29 is 33.8 Å². The molecule has 0 radical (unpaired) electrons. The van der Waals surface area contributed by atoms with E-state index < -0.39 is 24.0 Å². The summed E-state index contributed by atoms with van der Waals surface area (Å²) in [5, 5.41) is 8.35. The molecule has 0 rings (SSSR count). The van der Waals surface area contributed by atoms with Crippen molar-refractivity contribution in [1.82, 2.24) is 0 Å². The third-order valence-electron chi connectivity index (χ3n) is 1.36. The number of aliphatic carboxylic acids is 1. The molecule has 0 aliphatic heterocycles. The van der Waals surface area contributed by atoms with Gasteiger partial charge in [0.2, 0.25) is 0 Å². The van der Waals surface area contributed by atoms with Crippen LogP contribution in [0.1, 0.15) is 19.8 Å². The number of hydrogen-bond acceptors (Lipinski definition) is 6. The zero-order chi connectivity index (χ0) is 11.8. The number of hydrogen-bond donors (Lipinski definition) is 1. The van der Waals surface area contributed by atoms with E-state index in [-0.39, 0.29) is 19.3 Å². The van der Waals surface area contributed by atoms with Gasteiger partial charge in [0.15, 0.2) is 6.10 Å². The van der Waals surface area contributed by atoms with E-state index in [0.29, 0.717) is 0 Å². The molecular formula is C8H10O7. The molecule has 0 heterocycles. The van der Waals surface area contributed by atoms with Gasteiger partial charge in [0, 0.05) is 19.8 Å². The first-order valence-corrected chi connectivity index (χ1v) is 4.00. The molecule has 0 aromatic heterocycles. The van der Waals surface area contributed by atoms with Gasteiger partial charge in [-0.3, -0.25) is 14.4 Å². The number of carbonyl (C=O) groups excluding carboxylic acids is 3. The third-order valence-corrected chi connectivity index (χ3v) is 1.36. The molecule has 0 aromatic rings. The summed E-state index contributed by atoms with van der Waals surface area (Å²) < 4.78 is 8.43. The number of carboxylic acids is 1. The van der Waals surface area contributed by atoms with Crippen LogP contribution in [-0.2, 0) is 28.7 Å². The minimum Gasteiger partial charge on any atom is -0.481 e. The summed E-state index contributed by atoms with van der Waals surface area (Å²) >= 11 is 0. The van der Waals surface area contributed by atoms with Crippen molar-refractivity contribution >= 4 is 24.4 Å². The van der Waals surface area contributed by atoms with Crippen molar-refractivity contribution in [2.24, 2.45) is 0 Å². The monoisotopic (exact) mass is 218 g/mol. The predicted molar refractivity (Wildman–Crippen MR) is 44.6 cm³/mol. The second-order valence-electron chi connectivity index (χ2n) is 2.56. The second-order valence-corrected chi connectivity index (χ2v) is 2.56. The molecule has 7 heteroatoms. The van der Waals surface area contributed by atoms with Gasteiger partial charge in [-0.25, -0.2) is 4.79 Å². The molecule has 84 valence electrons. The molecule has 0 spiro atoms. The van der Waals surface area contributed by atoms with Crippen LogP contribution in [0.3, 0.4) is 0 Å². The topological polar surface area (TPSA) is 107 Å². The smallest absolute Gasteiger partial charge is 0.354 e. The van der Waals surface area contributed by atoms with Crippen LogP contribution in [0.5, 0.6) is 0 Å². The summed E-state index contributed by atoms with van der Waals surface area (Å²) in [4.78, 5) is 41.6. The molecule has 0 bridgehead atoms. The van der Waals surface area contributed by atoms with Gasteiger partial charge < -0.3 is 14.6 Å². The van der Waals surface area contributed by atoms with Crippen LogP contribution in [0.25, 0.3) is 0 Å². The summed E-state index contributed by atoms with van der Waals surface area (Å²) in [5.41, 5.74) is 0. The van der Waals surface area contributed by atoms with Crippen LogP contribution in [0, 0.1) is 0 Å². The fraction of sp³-hybridized carbons (Fsp3) is 0.500. The van der Waals surface area contributed by atoms with Crippen molar-refractivity contribution in [2.45, 2.75) is 25.9 Å². The van der Waals surface area contributed by atoms with Crippen LogP contribution >= 0.6 is 0 Å². The van der Waals surface area contributed by atoms with Gasteiger partial charge in [0.25, 0.3) is 0 Å². The number of carbonyl (C=O) groups is 4. The van der Waals surface area contributed by atoms with Crippen LogP contribution in [0.15, 0.2) is 0 Å². The Labute approximate surface area is 85.0 Å². The van der Waals surface area contributed by atoms with E-state index in [0.717, 1.165) is 6.92 Å². The summed E-state index contributed by atoms with van der Waals surface area (Å²) in [6.07, 6.45) is -1.96. The van der Waals surface area contributed by atoms with Gasteiger partial charge in [-0.2, -0.15) is 0 Å². The second kappa shape index (κ2) is 6.52. The third kappa shape index (κ3) is 6.19. The van der Waals surface area contributed by atoms with Gasteiger partial charge in [0.1, 0.15) is 0 Å². The highest BCUT2D eigenvalue weighted by atomic mass is 16.6. The molecule has 1 N–H and O–H groups in total. The van der Waals surface area contributed by atoms with E-state index in [1.54, 1.807) is 0 Å². The summed E-state index contributed by atoms with van der Waals surface area (Å²) in [6.45, 7) is 0.946. The van der Waals surface area contributed by atoms with Gasteiger partial charge >= 0.3 is 24.4 Å². The molecule has 0 saturated heterocycles. The number of carboxylic acid groups (broad SMARTS) is 1. The highest BCUT2D eigenvalue weighted by molar-refractivity contribution is 5.83. The van der Waals surface area contributed by atoms with E-state index in [1.807, 2.05) is 0 Å². The maximum atomic E-state index is 11.0. The first kappa shape index (κ1) is 13.1. The highest BCUT2D eigenvalue weighted by Crippen LogP contribution is 2.05. The van der Waals surface area contributed by atoms with E-state index >= 15 is 0 Å². The lowest BCUT2D eigenvalue weighted by Gasteiger charge is -2.12. The lowest BCUT2D eigenvalue weighted by atomic mass is 10.2. The molecule has 1 atom stereocenters. The maximum Gasteiger partial charge on any atom is 0.354 e. The van der Waals surface area contributed by atoms with Gasteiger partial charge in [-0.15, -0.1) is 0 Å². The maximum absolute atomic E-state index is 11.0. The van der Waals surface area contributed by atoms with Crippen LogP contribution < -0.4 is 0 Å². The fourth-order valence-electron chi connectivity index (χ4n) is 0.803. The Morgan fingerprint density at radius 2 is 2.00 bits per heavy atom. The number of ether oxygens (including phenoxy) is 2. The van der Waals surface area contributed by atoms with E-state index in [2.05, 4.69) is 9.47 Å². The Hall–Kier alpha value is -1.92. The van der Waals surface area contributed by atoms with Crippen molar-refractivity contribution in [2.75, 3.05) is 0 Å². The predicted octanol–water partition coefficient (Wildman–Crippen LogP) is -0.518. The van der Waals surface area contributed by atoms with Crippen molar-refractivity contribution in [3.05, 3.63) is 0 Å². The van der Waals surface area contributed by atoms with Crippen LogP contribution in [-0.4, -0.2) is 35.6 Å². The van der Waals surface area contributed by atoms with E-state index in [1.165, 1.54) is 0 Å².